The lowest BCUT2D eigenvalue weighted by Gasteiger charge is -2.16. The summed E-state index contributed by atoms with van der Waals surface area (Å²) in [6, 6.07) is 6.90. The van der Waals surface area contributed by atoms with Gasteiger partial charge in [0, 0.05) is 10.6 Å². The van der Waals surface area contributed by atoms with Gasteiger partial charge in [0.05, 0.1) is 12.2 Å². The molecule has 0 aliphatic heterocycles. The Bertz CT molecular complexity index is 802. The van der Waals surface area contributed by atoms with Gasteiger partial charge in [-0.25, -0.2) is 9.78 Å². The van der Waals surface area contributed by atoms with Crippen LogP contribution in [0.15, 0.2) is 30.3 Å². The van der Waals surface area contributed by atoms with Crippen LogP contribution in [0.5, 0.6) is 5.75 Å². The summed E-state index contributed by atoms with van der Waals surface area (Å²) in [6.45, 7) is 0.270. The highest BCUT2D eigenvalue weighted by Crippen LogP contribution is 2.39. The number of aromatic nitrogens is 1. The molecule has 1 aliphatic rings. The highest BCUT2D eigenvalue weighted by molar-refractivity contribution is 6.30. The number of pyridine rings is 1. The highest BCUT2D eigenvalue weighted by Gasteiger charge is 2.38. The minimum atomic E-state index is -4.85. The van der Waals surface area contributed by atoms with Crippen LogP contribution < -0.4 is 4.74 Å². The third kappa shape index (κ3) is 4.04. The SMILES string of the molecule is O=C(O)c1nc(-c2ccc(Cl)cc2)c(OCC2CC2)cc1C(F)(F)F. The molecule has 0 amide bonds. The van der Waals surface area contributed by atoms with Gasteiger partial charge in [-0.3, -0.25) is 0 Å². The van der Waals surface area contributed by atoms with Crippen LogP contribution in [0.4, 0.5) is 13.2 Å². The molecule has 2 aromatic rings. The summed E-state index contributed by atoms with van der Waals surface area (Å²) >= 11 is 5.82. The zero-order chi connectivity index (χ0) is 18.2. The fourth-order valence-corrected chi connectivity index (χ4v) is 2.42. The van der Waals surface area contributed by atoms with E-state index in [1.54, 1.807) is 24.3 Å². The number of ether oxygens (including phenoxy) is 1. The minimum absolute atomic E-state index is 0.0442. The van der Waals surface area contributed by atoms with Gasteiger partial charge in [0.25, 0.3) is 0 Å². The summed E-state index contributed by atoms with van der Waals surface area (Å²) in [6.07, 6.45) is -2.93. The van der Waals surface area contributed by atoms with Gasteiger partial charge in [0.2, 0.25) is 0 Å². The molecule has 4 nitrogen and oxygen atoms in total. The molecule has 0 atom stereocenters. The van der Waals surface area contributed by atoms with Gasteiger partial charge in [-0.05, 0) is 37.0 Å². The van der Waals surface area contributed by atoms with Gasteiger partial charge in [0.1, 0.15) is 11.4 Å². The molecule has 25 heavy (non-hydrogen) atoms. The van der Waals surface area contributed by atoms with E-state index in [4.69, 9.17) is 21.4 Å². The molecule has 8 heteroatoms. The second-order valence-corrected chi connectivity index (χ2v) is 6.23. The molecule has 3 rings (SSSR count). The monoisotopic (exact) mass is 371 g/mol. The number of nitrogens with zero attached hydrogens (tertiary/aromatic N) is 1. The lowest BCUT2D eigenvalue weighted by Crippen LogP contribution is -2.16. The largest absolute Gasteiger partial charge is 0.491 e. The molecular weight excluding hydrogens is 359 g/mol. The second-order valence-electron chi connectivity index (χ2n) is 5.80. The zero-order valence-electron chi connectivity index (χ0n) is 12.8. The number of carboxylic acid groups (broad SMARTS) is 1. The van der Waals surface area contributed by atoms with Crippen molar-refractivity contribution in [2.45, 2.75) is 19.0 Å². The van der Waals surface area contributed by atoms with Crippen molar-refractivity contribution in [3.05, 3.63) is 46.6 Å². The van der Waals surface area contributed by atoms with E-state index in [-0.39, 0.29) is 18.1 Å². The third-order valence-corrected chi connectivity index (χ3v) is 4.04. The fraction of sp³-hybridized carbons (Fsp3) is 0.294. The van der Waals surface area contributed by atoms with E-state index in [0.29, 0.717) is 22.6 Å². The van der Waals surface area contributed by atoms with Gasteiger partial charge < -0.3 is 9.84 Å². The van der Waals surface area contributed by atoms with Crippen LogP contribution in [0.3, 0.4) is 0 Å². The van der Waals surface area contributed by atoms with Crippen molar-refractivity contribution in [2.75, 3.05) is 6.61 Å². The van der Waals surface area contributed by atoms with E-state index in [1.165, 1.54) is 0 Å². The molecule has 1 saturated carbocycles. The van der Waals surface area contributed by atoms with Crippen molar-refractivity contribution in [3.63, 3.8) is 0 Å². The van der Waals surface area contributed by atoms with E-state index in [0.717, 1.165) is 12.8 Å². The number of carbonyl (C=O) groups is 1. The average molecular weight is 372 g/mol. The van der Waals surface area contributed by atoms with Crippen molar-refractivity contribution in [2.24, 2.45) is 5.92 Å². The van der Waals surface area contributed by atoms with Crippen LogP contribution in [0.25, 0.3) is 11.3 Å². The van der Waals surface area contributed by atoms with Gasteiger partial charge in [0.15, 0.2) is 5.69 Å². The summed E-state index contributed by atoms with van der Waals surface area (Å²) in [5.41, 5.74) is -1.92. The number of benzene rings is 1. The van der Waals surface area contributed by atoms with Crippen molar-refractivity contribution in [1.29, 1.82) is 0 Å². The summed E-state index contributed by atoms with van der Waals surface area (Å²) in [7, 11) is 0. The van der Waals surface area contributed by atoms with E-state index in [2.05, 4.69) is 4.98 Å². The number of hydrogen-bond acceptors (Lipinski definition) is 3. The Morgan fingerprint density at radius 3 is 2.44 bits per heavy atom. The standard InChI is InChI=1S/C17H13ClF3NO3/c18-11-5-3-10(4-6-11)14-13(25-8-9-1-2-9)7-12(17(19,20)21)15(22-14)16(23)24/h3-7,9H,1-2,8H2,(H,23,24). The molecule has 0 saturated heterocycles. The Kier molecular flexibility index (Phi) is 4.60. The first-order valence-corrected chi connectivity index (χ1v) is 7.88. The predicted octanol–water partition coefficient (Wildman–Crippen LogP) is 4.91. The van der Waals surface area contributed by atoms with Crippen molar-refractivity contribution in [3.8, 4) is 17.0 Å². The third-order valence-electron chi connectivity index (χ3n) is 3.78. The fourth-order valence-electron chi connectivity index (χ4n) is 2.29. The first-order chi connectivity index (χ1) is 11.8. The molecular formula is C17H13ClF3NO3. The van der Waals surface area contributed by atoms with Crippen molar-refractivity contribution < 1.29 is 27.8 Å². The maximum atomic E-state index is 13.2. The molecule has 0 radical (unpaired) electrons. The smallest absolute Gasteiger partial charge is 0.418 e. The Morgan fingerprint density at radius 2 is 1.92 bits per heavy atom. The average Bonchev–Trinajstić information content (AvgIpc) is 3.36. The first kappa shape index (κ1) is 17.5. The normalized spacial score (nSPS) is 14.4. The Morgan fingerprint density at radius 1 is 1.28 bits per heavy atom. The lowest BCUT2D eigenvalue weighted by atomic mass is 10.1. The molecule has 1 aliphatic carbocycles. The number of alkyl halides is 3. The van der Waals surface area contributed by atoms with E-state index < -0.39 is 23.4 Å². The maximum absolute atomic E-state index is 13.2. The number of carboxylic acids is 1. The molecule has 132 valence electrons. The topological polar surface area (TPSA) is 59.4 Å². The molecule has 1 aromatic carbocycles. The van der Waals surface area contributed by atoms with Gasteiger partial charge in [-0.1, -0.05) is 23.7 Å². The van der Waals surface area contributed by atoms with Gasteiger partial charge in [-0.2, -0.15) is 13.2 Å². The Labute approximate surface area is 146 Å². The number of rotatable bonds is 5. The van der Waals surface area contributed by atoms with Crippen LogP contribution >= 0.6 is 11.6 Å². The van der Waals surface area contributed by atoms with E-state index in [1.807, 2.05) is 0 Å². The summed E-state index contributed by atoms with van der Waals surface area (Å²) in [4.78, 5) is 15.0. The van der Waals surface area contributed by atoms with E-state index >= 15 is 0 Å². The van der Waals surface area contributed by atoms with Gasteiger partial charge >= 0.3 is 12.1 Å². The second kappa shape index (κ2) is 6.55. The molecule has 1 N–H and O–H groups in total. The molecule has 1 heterocycles. The number of hydrogen-bond donors (Lipinski definition) is 1. The molecule has 0 unspecified atom stereocenters. The molecule has 1 aromatic heterocycles. The Balaban J connectivity index is 2.13. The summed E-state index contributed by atoms with van der Waals surface area (Å²) < 4.78 is 45.2. The van der Waals surface area contributed by atoms with Gasteiger partial charge in [-0.15, -0.1) is 0 Å². The molecule has 1 fully saturated rings. The van der Waals surface area contributed by atoms with Crippen LogP contribution in [-0.2, 0) is 6.18 Å². The van der Waals surface area contributed by atoms with Crippen LogP contribution in [0.1, 0.15) is 28.9 Å². The number of halogens is 4. The quantitative estimate of drug-likeness (QED) is 0.811. The van der Waals surface area contributed by atoms with Crippen LogP contribution in [0, 0.1) is 5.92 Å². The summed E-state index contributed by atoms with van der Waals surface area (Å²) in [5.74, 6) is -1.53. The van der Waals surface area contributed by atoms with Crippen LogP contribution in [-0.4, -0.2) is 22.7 Å². The maximum Gasteiger partial charge on any atom is 0.418 e. The Hall–Kier alpha value is -2.28. The van der Waals surface area contributed by atoms with E-state index in [9.17, 15) is 18.0 Å². The van der Waals surface area contributed by atoms with Crippen molar-refractivity contribution in [1.82, 2.24) is 4.98 Å². The summed E-state index contributed by atoms with van der Waals surface area (Å²) in [5, 5.41) is 9.58. The lowest BCUT2D eigenvalue weighted by molar-refractivity contribution is -0.138. The number of aromatic carboxylic acids is 1. The first-order valence-electron chi connectivity index (χ1n) is 7.50. The highest BCUT2D eigenvalue weighted by atomic mass is 35.5. The molecule has 0 bridgehead atoms. The zero-order valence-corrected chi connectivity index (χ0v) is 13.6. The molecule has 0 spiro atoms. The van der Waals surface area contributed by atoms with Crippen molar-refractivity contribution >= 4 is 17.6 Å². The predicted molar refractivity (Wildman–Crippen MR) is 84.9 cm³/mol. The van der Waals surface area contributed by atoms with Crippen LogP contribution in [0.2, 0.25) is 5.02 Å². The minimum Gasteiger partial charge on any atom is -0.491 e.